The highest BCUT2D eigenvalue weighted by molar-refractivity contribution is 5.29. The summed E-state index contributed by atoms with van der Waals surface area (Å²) in [4.78, 5) is 0. The molecular formula is C14H20O3. The van der Waals surface area contributed by atoms with E-state index in [0.717, 1.165) is 25.4 Å². The Morgan fingerprint density at radius 1 is 1.29 bits per heavy atom. The molecule has 0 amide bonds. The number of hydrogen-bond donors (Lipinski definition) is 1. The first-order chi connectivity index (χ1) is 8.40. The van der Waals surface area contributed by atoms with E-state index in [2.05, 4.69) is 12.1 Å². The number of ether oxygens (including phenoxy) is 2. The summed E-state index contributed by atoms with van der Waals surface area (Å²) < 4.78 is 11.0. The molecule has 1 unspecified atom stereocenters. The van der Waals surface area contributed by atoms with Gasteiger partial charge in [0.25, 0.3) is 0 Å². The highest BCUT2D eigenvalue weighted by Gasteiger charge is 2.15. The lowest BCUT2D eigenvalue weighted by Gasteiger charge is -2.22. The maximum absolute atomic E-state index is 8.66. The quantitative estimate of drug-likeness (QED) is 0.797. The summed E-state index contributed by atoms with van der Waals surface area (Å²) in [5.74, 6) is 1.41. The van der Waals surface area contributed by atoms with E-state index in [1.54, 1.807) is 0 Å². The smallest absolute Gasteiger partial charge is 0.119 e. The third-order valence-electron chi connectivity index (χ3n) is 3.08. The second-order valence-corrected chi connectivity index (χ2v) is 4.41. The van der Waals surface area contributed by atoms with Crippen LogP contribution in [0.4, 0.5) is 0 Å². The Bertz CT molecular complexity index is 315. The molecule has 0 saturated carbocycles. The SMILES string of the molecule is OCCCOc1ccc(C2CCCOC2)cc1. The van der Waals surface area contributed by atoms with Crippen LogP contribution in [0.15, 0.2) is 24.3 Å². The molecule has 1 N–H and O–H groups in total. The van der Waals surface area contributed by atoms with Crippen LogP contribution in [0.5, 0.6) is 5.75 Å². The van der Waals surface area contributed by atoms with Crippen LogP contribution >= 0.6 is 0 Å². The summed E-state index contributed by atoms with van der Waals surface area (Å²) >= 11 is 0. The predicted molar refractivity (Wildman–Crippen MR) is 66.4 cm³/mol. The van der Waals surface area contributed by atoms with E-state index in [0.29, 0.717) is 18.9 Å². The number of rotatable bonds is 5. The van der Waals surface area contributed by atoms with Gasteiger partial charge in [0.1, 0.15) is 5.75 Å². The molecular weight excluding hydrogens is 216 g/mol. The third kappa shape index (κ3) is 3.72. The molecule has 1 atom stereocenters. The minimum atomic E-state index is 0.178. The molecule has 0 bridgehead atoms. The number of benzene rings is 1. The van der Waals surface area contributed by atoms with Crippen LogP contribution in [0, 0.1) is 0 Å². The maximum Gasteiger partial charge on any atom is 0.119 e. The van der Waals surface area contributed by atoms with Gasteiger partial charge in [-0.1, -0.05) is 12.1 Å². The van der Waals surface area contributed by atoms with Gasteiger partial charge in [-0.05, 0) is 30.5 Å². The summed E-state index contributed by atoms with van der Waals surface area (Å²) in [6.45, 7) is 2.49. The molecule has 1 aromatic rings. The van der Waals surface area contributed by atoms with Crippen LogP contribution < -0.4 is 4.74 Å². The average molecular weight is 236 g/mol. The molecule has 1 aromatic carbocycles. The second-order valence-electron chi connectivity index (χ2n) is 4.41. The standard InChI is InChI=1S/C14H20O3/c15-8-2-10-17-14-6-4-12(5-7-14)13-3-1-9-16-11-13/h4-7,13,15H,1-3,8-11H2. The Balaban J connectivity index is 1.88. The summed E-state index contributed by atoms with van der Waals surface area (Å²) in [5, 5.41) is 8.66. The van der Waals surface area contributed by atoms with Gasteiger partial charge >= 0.3 is 0 Å². The van der Waals surface area contributed by atoms with Gasteiger partial charge in [-0.3, -0.25) is 0 Å². The van der Waals surface area contributed by atoms with Gasteiger partial charge in [0.05, 0.1) is 13.2 Å². The normalized spacial score (nSPS) is 20.2. The van der Waals surface area contributed by atoms with Crippen LogP contribution in [0.25, 0.3) is 0 Å². The first kappa shape index (κ1) is 12.4. The third-order valence-corrected chi connectivity index (χ3v) is 3.08. The fourth-order valence-electron chi connectivity index (χ4n) is 2.09. The van der Waals surface area contributed by atoms with Gasteiger partial charge in [-0.15, -0.1) is 0 Å². The molecule has 1 fully saturated rings. The lowest BCUT2D eigenvalue weighted by Crippen LogP contribution is -2.15. The van der Waals surface area contributed by atoms with Gasteiger partial charge in [-0.25, -0.2) is 0 Å². The lowest BCUT2D eigenvalue weighted by molar-refractivity contribution is 0.0804. The van der Waals surface area contributed by atoms with Crippen LogP contribution in [0.1, 0.15) is 30.7 Å². The molecule has 2 rings (SSSR count). The highest BCUT2D eigenvalue weighted by Crippen LogP contribution is 2.26. The Kier molecular flexibility index (Phi) is 4.83. The van der Waals surface area contributed by atoms with Crippen molar-refractivity contribution in [1.82, 2.24) is 0 Å². The highest BCUT2D eigenvalue weighted by atomic mass is 16.5. The molecule has 0 spiro atoms. The molecule has 94 valence electrons. The Hall–Kier alpha value is -1.06. The monoisotopic (exact) mass is 236 g/mol. The van der Waals surface area contributed by atoms with Gasteiger partial charge in [0.15, 0.2) is 0 Å². The number of aliphatic hydroxyl groups is 1. The zero-order valence-corrected chi connectivity index (χ0v) is 10.1. The van der Waals surface area contributed by atoms with E-state index in [-0.39, 0.29) is 6.61 Å². The van der Waals surface area contributed by atoms with Crippen molar-refractivity contribution in [2.75, 3.05) is 26.4 Å². The van der Waals surface area contributed by atoms with E-state index in [4.69, 9.17) is 14.6 Å². The van der Waals surface area contributed by atoms with Crippen molar-refractivity contribution >= 4 is 0 Å². The Morgan fingerprint density at radius 2 is 2.12 bits per heavy atom. The fraction of sp³-hybridized carbons (Fsp3) is 0.571. The lowest BCUT2D eigenvalue weighted by atomic mass is 9.94. The molecule has 0 radical (unpaired) electrons. The molecule has 0 aliphatic carbocycles. The molecule has 0 aromatic heterocycles. The molecule has 1 heterocycles. The van der Waals surface area contributed by atoms with Crippen LogP contribution in [-0.2, 0) is 4.74 Å². The summed E-state index contributed by atoms with van der Waals surface area (Å²) in [7, 11) is 0. The van der Waals surface area contributed by atoms with E-state index in [1.165, 1.54) is 12.0 Å². The fourth-order valence-corrected chi connectivity index (χ4v) is 2.09. The molecule has 3 nitrogen and oxygen atoms in total. The molecule has 1 saturated heterocycles. The van der Waals surface area contributed by atoms with Crippen molar-refractivity contribution in [1.29, 1.82) is 0 Å². The minimum absolute atomic E-state index is 0.178. The van der Waals surface area contributed by atoms with Crippen LogP contribution in [-0.4, -0.2) is 31.5 Å². The topological polar surface area (TPSA) is 38.7 Å². The summed E-state index contributed by atoms with van der Waals surface area (Å²) in [6.07, 6.45) is 3.04. The van der Waals surface area contributed by atoms with Crippen molar-refractivity contribution in [2.45, 2.75) is 25.2 Å². The van der Waals surface area contributed by atoms with E-state index in [9.17, 15) is 0 Å². The Morgan fingerprint density at radius 3 is 2.76 bits per heavy atom. The van der Waals surface area contributed by atoms with E-state index < -0.39 is 0 Å². The summed E-state index contributed by atoms with van der Waals surface area (Å²) in [5.41, 5.74) is 1.33. The van der Waals surface area contributed by atoms with E-state index >= 15 is 0 Å². The first-order valence-corrected chi connectivity index (χ1v) is 6.31. The Labute approximate surface area is 102 Å². The molecule has 1 aliphatic heterocycles. The summed E-state index contributed by atoms with van der Waals surface area (Å²) in [6, 6.07) is 8.24. The van der Waals surface area contributed by atoms with Crippen LogP contribution in [0.3, 0.4) is 0 Å². The van der Waals surface area contributed by atoms with Crippen molar-refractivity contribution in [3.8, 4) is 5.75 Å². The first-order valence-electron chi connectivity index (χ1n) is 6.31. The second kappa shape index (κ2) is 6.62. The largest absolute Gasteiger partial charge is 0.494 e. The molecule has 1 aliphatic rings. The van der Waals surface area contributed by atoms with Crippen molar-refractivity contribution in [3.63, 3.8) is 0 Å². The van der Waals surface area contributed by atoms with Crippen LogP contribution in [0.2, 0.25) is 0 Å². The van der Waals surface area contributed by atoms with Gasteiger partial charge in [0, 0.05) is 25.6 Å². The maximum atomic E-state index is 8.66. The van der Waals surface area contributed by atoms with E-state index in [1.807, 2.05) is 12.1 Å². The minimum Gasteiger partial charge on any atom is -0.494 e. The predicted octanol–water partition coefficient (Wildman–Crippen LogP) is 2.34. The number of hydrogen-bond acceptors (Lipinski definition) is 3. The van der Waals surface area contributed by atoms with Gasteiger partial charge in [-0.2, -0.15) is 0 Å². The van der Waals surface area contributed by atoms with Crippen molar-refractivity contribution in [3.05, 3.63) is 29.8 Å². The molecule has 3 heteroatoms. The zero-order chi connectivity index (χ0) is 11.9. The zero-order valence-electron chi connectivity index (χ0n) is 10.1. The van der Waals surface area contributed by atoms with Gasteiger partial charge < -0.3 is 14.6 Å². The van der Waals surface area contributed by atoms with Gasteiger partial charge in [0.2, 0.25) is 0 Å². The van der Waals surface area contributed by atoms with Crippen molar-refractivity contribution in [2.24, 2.45) is 0 Å². The molecule has 17 heavy (non-hydrogen) atoms. The average Bonchev–Trinajstić information content (AvgIpc) is 2.41. The van der Waals surface area contributed by atoms with Crippen molar-refractivity contribution < 1.29 is 14.6 Å². The number of aliphatic hydroxyl groups excluding tert-OH is 1.